The van der Waals surface area contributed by atoms with Crippen molar-refractivity contribution in [2.24, 2.45) is 0 Å². The Hall–Kier alpha value is -1.77. The van der Waals surface area contributed by atoms with E-state index >= 15 is 0 Å². The second-order valence-electron chi connectivity index (χ2n) is 7.10. The summed E-state index contributed by atoms with van der Waals surface area (Å²) >= 11 is 0. The molecular formula is C18H25N5O2S. The highest BCUT2D eigenvalue weighted by atomic mass is 32.2. The number of aryl methyl sites for hydroxylation is 1. The Morgan fingerprint density at radius 2 is 1.77 bits per heavy atom. The van der Waals surface area contributed by atoms with Gasteiger partial charge in [0.1, 0.15) is 5.82 Å². The second-order valence-corrected chi connectivity index (χ2v) is 9.26. The molecule has 0 aliphatic carbocycles. The molecule has 4 heterocycles. The van der Waals surface area contributed by atoms with Crippen LogP contribution in [0.15, 0.2) is 36.8 Å². The summed E-state index contributed by atoms with van der Waals surface area (Å²) in [7, 11) is -3.01. The molecule has 0 radical (unpaired) electrons. The first-order chi connectivity index (χ1) is 12.6. The van der Waals surface area contributed by atoms with E-state index in [0.717, 1.165) is 31.2 Å². The number of imidazole rings is 1. The number of rotatable bonds is 5. The van der Waals surface area contributed by atoms with Crippen LogP contribution in [0.1, 0.15) is 18.4 Å². The fraction of sp³-hybridized carbons (Fsp3) is 0.556. The average Bonchev–Trinajstić information content (AvgIpc) is 3.21. The van der Waals surface area contributed by atoms with Gasteiger partial charge in [0.05, 0.1) is 23.7 Å². The van der Waals surface area contributed by atoms with E-state index in [1.54, 1.807) is 6.20 Å². The summed E-state index contributed by atoms with van der Waals surface area (Å²) in [5.41, 5.74) is 0.991. The molecule has 0 unspecified atom stereocenters. The molecule has 0 N–H and O–H groups in total. The number of fused-ring (bicyclic) bond motifs is 1. The van der Waals surface area contributed by atoms with Gasteiger partial charge in [-0.2, -0.15) is 0 Å². The van der Waals surface area contributed by atoms with Crippen LogP contribution in [0.3, 0.4) is 0 Å². The van der Waals surface area contributed by atoms with Gasteiger partial charge in [0.15, 0.2) is 9.84 Å². The van der Waals surface area contributed by atoms with E-state index in [1.807, 2.05) is 30.6 Å². The summed E-state index contributed by atoms with van der Waals surface area (Å²) in [5, 5.41) is 0. The van der Waals surface area contributed by atoms with E-state index < -0.39 is 9.84 Å². The van der Waals surface area contributed by atoms with Crippen LogP contribution < -0.4 is 0 Å². The zero-order valence-electron chi connectivity index (χ0n) is 15.0. The molecule has 2 aliphatic rings. The standard InChI is InChI=1S/C18H25N5O2S/c1-2-21-8-7-20-18(21)12-23-10-9-22(11-15-5-3-4-6-19-15)16-13-26(24,25)14-17(16)23/h3-8,16-17H,2,9-14H2,1H3/t16-,17+/m1/s1. The van der Waals surface area contributed by atoms with Gasteiger partial charge in [-0.05, 0) is 19.1 Å². The highest BCUT2D eigenvalue weighted by Gasteiger charge is 2.46. The van der Waals surface area contributed by atoms with Gasteiger partial charge in [-0.3, -0.25) is 14.8 Å². The summed E-state index contributed by atoms with van der Waals surface area (Å²) in [5.74, 6) is 1.49. The van der Waals surface area contributed by atoms with E-state index in [-0.39, 0.29) is 23.6 Å². The molecule has 2 aromatic heterocycles. The lowest BCUT2D eigenvalue weighted by molar-refractivity contribution is 0.0327. The quantitative estimate of drug-likeness (QED) is 0.769. The van der Waals surface area contributed by atoms with Gasteiger partial charge in [-0.15, -0.1) is 0 Å². The monoisotopic (exact) mass is 375 g/mol. The van der Waals surface area contributed by atoms with Crippen molar-refractivity contribution in [2.45, 2.75) is 38.6 Å². The van der Waals surface area contributed by atoms with Gasteiger partial charge in [-0.1, -0.05) is 6.07 Å². The van der Waals surface area contributed by atoms with Gasteiger partial charge in [0.25, 0.3) is 0 Å². The van der Waals surface area contributed by atoms with Crippen LogP contribution >= 0.6 is 0 Å². The van der Waals surface area contributed by atoms with Gasteiger partial charge in [0, 0.05) is 56.9 Å². The van der Waals surface area contributed by atoms with Crippen molar-refractivity contribution in [3.8, 4) is 0 Å². The molecular weight excluding hydrogens is 350 g/mol. The summed E-state index contributed by atoms with van der Waals surface area (Å²) < 4.78 is 26.9. The minimum atomic E-state index is -3.01. The van der Waals surface area contributed by atoms with Gasteiger partial charge in [0.2, 0.25) is 0 Å². The molecule has 2 fully saturated rings. The van der Waals surface area contributed by atoms with E-state index in [2.05, 4.69) is 31.3 Å². The number of hydrogen-bond acceptors (Lipinski definition) is 6. The topological polar surface area (TPSA) is 71.3 Å². The molecule has 2 aromatic rings. The SMILES string of the molecule is CCn1ccnc1CN1CCN(Cc2ccccn2)[C@@H]2CS(=O)(=O)C[C@@H]21. The third-order valence-electron chi connectivity index (χ3n) is 5.48. The van der Waals surface area contributed by atoms with Crippen molar-refractivity contribution in [3.05, 3.63) is 48.3 Å². The molecule has 0 amide bonds. The maximum Gasteiger partial charge on any atom is 0.153 e. The van der Waals surface area contributed by atoms with Crippen LogP contribution in [0.4, 0.5) is 0 Å². The van der Waals surface area contributed by atoms with Crippen molar-refractivity contribution in [1.29, 1.82) is 0 Å². The van der Waals surface area contributed by atoms with Gasteiger partial charge < -0.3 is 4.57 Å². The van der Waals surface area contributed by atoms with E-state index in [1.165, 1.54) is 0 Å². The van der Waals surface area contributed by atoms with Gasteiger partial charge in [-0.25, -0.2) is 13.4 Å². The normalized spacial score (nSPS) is 26.0. The van der Waals surface area contributed by atoms with E-state index in [0.29, 0.717) is 13.1 Å². The minimum absolute atomic E-state index is 0.0273. The van der Waals surface area contributed by atoms with Gasteiger partial charge >= 0.3 is 0 Å². The van der Waals surface area contributed by atoms with Crippen molar-refractivity contribution in [2.75, 3.05) is 24.6 Å². The number of piperazine rings is 1. The summed E-state index contributed by atoms with van der Waals surface area (Å²) in [6.45, 7) is 6.07. The van der Waals surface area contributed by atoms with E-state index in [4.69, 9.17) is 0 Å². The number of sulfone groups is 1. The Bertz CT molecular complexity index is 851. The molecule has 0 saturated carbocycles. The van der Waals surface area contributed by atoms with Crippen molar-refractivity contribution < 1.29 is 8.42 Å². The number of hydrogen-bond donors (Lipinski definition) is 0. The largest absolute Gasteiger partial charge is 0.334 e. The highest BCUT2D eigenvalue weighted by molar-refractivity contribution is 7.91. The zero-order valence-corrected chi connectivity index (χ0v) is 15.8. The highest BCUT2D eigenvalue weighted by Crippen LogP contribution is 2.29. The lowest BCUT2D eigenvalue weighted by Gasteiger charge is -2.43. The molecule has 2 aliphatic heterocycles. The van der Waals surface area contributed by atoms with Crippen LogP contribution in [0.2, 0.25) is 0 Å². The number of pyridine rings is 1. The molecule has 7 nitrogen and oxygen atoms in total. The lowest BCUT2D eigenvalue weighted by Crippen LogP contribution is -2.58. The molecule has 26 heavy (non-hydrogen) atoms. The predicted molar refractivity (Wildman–Crippen MR) is 99.2 cm³/mol. The second kappa shape index (κ2) is 7.09. The molecule has 0 spiro atoms. The van der Waals surface area contributed by atoms with Crippen LogP contribution in [0, 0.1) is 0 Å². The molecule has 0 bridgehead atoms. The van der Waals surface area contributed by atoms with Crippen LogP contribution in [0.5, 0.6) is 0 Å². The van der Waals surface area contributed by atoms with Crippen LogP contribution in [-0.4, -0.2) is 69.4 Å². The summed E-state index contributed by atoms with van der Waals surface area (Å²) in [6, 6.07) is 5.94. The summed E-state index contributed by atoms with van der Waals surface area (Å²) in [4.78, 5) is 13.5. The van der Waals surface area contributed by atoms with Crippen molar-refractivity contribution >= 4 is 9.84 Å². The molecule has 4 rings (SSSR count). The Morgan fingerprint density at radius 1 is 1.04 bits per heavy atom. The fourth-order valence-corrected chi connectivity index (χ4v) is 6.19. The third-order valence-corrected chi connectivity index (χ3v) is 7.18. The van der Waals surface area contributed by atoms with Crippen molar-refractivity contribution in [3.63, 3.8) is 0 Å². The Balaban J connectivity index is 1.54. The molecule has 0 aromatic carbocycles. The molecule has 2 saturated heterocycles. The molecule has 8 heteroatoms. The fourth-order valence-electron chi connectivity index (χ4n) is 4.15. The summed E-state index contributed by atoms with van der Waals surface area (Å²) in [6.07, 6.45) is 5.59. The zero-order chi connectivity index (χ0) is 18.1. The van der Waals surface area contributed by atoms with Crippen molar-refractivity contribution in [1.82, 2.24) is 24.3 Å². The third kappa shape index (κ3) is 3.54. The molecule has 2 atom stereocenters. The lowest BCUT2D eigenvalue weighted by atomic mass is 10.0. The van der Waals surface area contributed by atoms with E-state index in [9.17, 15) is 8.42 Å². The smallest absolute Gasteiger partial charge is 0.153 e. The molecule has 140 valence electrons. The Morgan fingerprint density at radius 3 is 2.42 bits per heavy atom. The maximum atomic E-state index is 12.4. The first-order valence-corrected chi connectivity index (χ1v) is 11.0. The number of aromatic nitrogens is 3. The first-order valence-electron chi connectivity index (χ1n) is 9.14. The average molecular weight is 375 g/mol. The van der Waals surface area contributed by atoms with Crippen LogP contribution in [-0.2, 0) is 29.5 Å². The predicted octanol–water partition coefficient (Wildman–Crippen LogP) is 0.781. The number of nitrogens with zero attached hydrogens (tertiary/aromatic N) is 5. The minimum Gasteiger partial charge on any atom is -0.334 e. The Labute approximate surface area is 154 Å². The Kier molecular flexibility index (Phi) is 4.81. The van der Waals surface area contributed by atoms with Crippen LogP contribution in [0.25, 0.3) is 0 Å². The maximum absolute atomic E-state index is 12.4. The first kappa shape index (κ1) is 17.6.